The summed E-state index contributed by atoms with van der Waals surface area (Å²) in [5.41, 5.74) is 2.75. The minimum absolute atomic E-state index is 0.235. The zero-order chi connectivity index (χ0) is 11.8. The molecule has 0 spiro atoms. The van der Waals surface area contributed by atoms with Gasteiger partial charge in [-0.2, -0.15) is 0 Å². The van der Waals surface area contributed by atoms with Crippen molar-refractivity contribution >= 4 is 0 Å². The average Bonchev–Trinajstić information content (AvgIpc) is 2.94. The van der Waals surface area contributed by atoms with E-state index >= 15 is 0 Å². The Bertz CT molecular complexity index is 348. The fraction of sp³-hybridized carbons (Fsp3) is 0.643. The molecule has 16 heavy (non-hydrogen) atoms. The molecule has 1 aliphatic carbocycles. The second kappa shape index (κ2) is 4.17. The minimum atomic E-state index is 0.235. The van der Waals surface area contributed by atoms with Gasteiger partial charge in [0.05, 0.1) is 0 Å². The first kappa shape index (κ1) is 11.6. The van der Waals surface area contributed by atoms with Crippen LogP contribution in [0, 0.1) is 12.8 Å². The first-order chi connectivity index (χ1) is 7.46. The Labute approximate surface area is 98.5 Å². The molecule has 2 atom stereocenters. The molecular weight excluding hydrogens is 196 g/mol. The van der Waals surface area contributed by atoms with Crippen molar-refractivity contribution in [2.24, 2.45) is 5.92 Å². The van der Waals surface area contributed by atoms with Gasteiger partial charge in [0.25, 0.3) is 0 Å². The number of hydrogen-bond donors (Lipinski definition) is 1. The van der Waals surface area contributed by atoms with E-state index < -0.39 is 0 Å². The second-order valence-corrected chi connectivity index (χ2v) is 5.97. The number of nitrogens with zero attached hydrogens (tertiary/aromatic N) is 1. The van der Waals surface area contributed by atoms with Crippen LogP contribution >= 0.6 is 0 Å². The van der Waals surface area contributed by atoms with Crippen LogP contribution in [0.5, 0.6) is 0 Å². The van der Waals surface area contributed by atoms with E-state index in [1.807, 2.05) is 13.1 Å². The molecule has 0 aromatic carbocycles. The van der Waals surface area contributed by atoms with E-state index in [0.717, 1.165) is 24.1 Å². The fourth-order valence-corrected chi connectivity index (χ4v) is 2.02. The summed E-state index contributed by atoms with van der Waals surface area (Å²) >= 11 is 0. The maximum absolute atomic E-state index is 4.36. The van der Waals surface area contributed by atoms with Crippen molar-refractivity contribution in [1.82, 2.24) is 10.3 Å². The number of aryl methyl sites for hydroxylation is 1. The molecular formula is C14H22N2. The normalized spacial score (nSPS) is 24.5. The topological polar surface area (TPSA) is 24.9 Å². The first-order valence-electron chi connectivity index (χ1n) is 6.13. The van der Waals surface area contributed by atoms with Gasteiger partial charge in [0.15, 0.2) is 0 Å². The van der Waals surface area contributed by atoms with Crippen LogP contribution in [0.3, 0.4) is 0 Å². The lowest BCUT2D eigenvalue weighted by Crippen LogP contribution is -2.37. The monoisotopic (exact) mass is 218 g/mol. The summed E-state index contributed by atoms with van der Waals surface area (Å²) in [6, 6.07) is 4.34. The van der Waals surface area contributed by atoms with Gasteiger partial charge in [0, 0.05) is 17.4 Å². The van der Waals surface area contributed by atoms with Crippen molar-refractivity contribution in [2.45, 2.75) is 45.6 Å². The summed E-state index contributed by atoms with van der Waals surface area (Å²) in [7, 11) is 0. The van der Waals surface area contributed by atoms with Crippen molar-refractivity contribution < 1.29 is 0 Å². The molecule has 0 radical (unpaired) electrons. The predicted octanol–water partition coefficient (Wildman–Crippen LogP) is 2.88. The van der Waals surface area contributed by atoms with Crippen molar-refractivity contribution in [2.75, 3.05) is 6.54 Å². The third kappa shape index (κ3) is 3.05. The summed E-state index contributed by atoms with van der Waals surface area (Å²) in [6.45, 7) is 9.82. The number of aromatic nitrogens is 1. The molecule has 1 saturated carbocycles. The van der Waals surface area contributed by atoms with E-state index in [4.69, 9.17) is 0 Å². The van der Waals surface area contributed by atoms with Gasteiger partial charge in [0.2, 0.25) is 0 Å². The molecule has 2 rings (SSSR count). The molecule has 2 heteroatoms. The van der Waals surface area contributed by atoms with E-state index in [1.165, 1.54) is 12.0 Å². The van der Waals surface area contributed by atoms with Gasteiger partial charge in [-0.3, -0.25) is 4.98 Å². The lowest BCUT2D eigenvalue weighted by atomic mass is 10.1. The SMILES string of the molecule is Cc1ccc(C2CC2CNC(C)(C)C)cn1. The van der Waals surface area contributed by atoms with Crippen LogP contribution in [-0.4, -0.2) is 17.1 Å². The Balaban J connectivity index is 1.85. The largest absolute Gasteiger partial charge is 0.312 e. The molecule has 1 aromatic heterocycles. The summed E-state index contributed by atoms with van der Waals surface area (Å²) in [4.78, 5) is 4.36. The van der Waals surface area contributed by atoms with E-state index in [0.29, 0.717) is 0 Å². The molecule has 0 aliphatic heterocycles. The first-order valence-corrected chi connectivity index (χ1v) is 6.13. The lowest BCUT2D eigenvalue weighted by Gasteiger charge is -2.20. The lowest BCUT2D eigenvalue weighted by molar-refractivity contribution is 0.414. The zero-order valence-electron chi connectivity index (χ0n) is 10.7. The summed E-state index contributed by atoms with van der Waals surface area (Å²) < 4.78 is 0. The second-order valence-electron chi connectivity index (χ2n) is 5.97. The molecule has 2 nitrogen and oxygen atoms in total. The molecule has 1 heterocycles. The summed E-state index contributed by atoms with van der Waals surface area (Å²) in [6.07, 6.45) is 3.35. The molecule has 88 valence electrons. The third-order valence-electron chi connectivity index (χ3n) is 3.18. The van der Waals surface area contributed by atoms with Crippen molar-refractivity contribution in [3.05, 3.63) is 29.6 Å². The molecule has 1 fully saturated rings. The highest BCUT2D eigenvalue weighted by Crippen LogP contribution is 2.46. The predicted molar refractivity (Wildman–Crippen MR) is 67.6 cm³/mol. The summed E-state index contributed by atoms with van der Waals surface area (Å²) in [5.74, 6) is 1.55. The zero-order valence-corrected chi connectivity index (χ0v) is 10.7. The van der Waals surface area contributed by atoms with Gasteiger partial charge in [-0.25, -0.2) is 0 Å². The average molecular weight is 218 g/mol. The Morgan fingerprint density at radius 3 is 2.69 bits per heavy atom. The smallest absolute Gasteiger partial charge is 0.0372 e. The number of hydrogen-bond acceptors (Lipinski definition) is 2. The van der Waals surface area contributed by atoms with Crippen LogP contribution < -0.4 is 5.32 Å². The molecule has 0 bridgehead atoms. The van der Waals surface area contributed by atoms with Gasteiger partial charge in [-0.15, -0.1) is 0 Å². The van der Waals surface area contributed by atoms with Gasteiger partial charge in [0.1, 0.15) is 0 Å². The number of rotatable bonds is 3. The van der Waals surface area contributed by atoms with E-state index in [9.17, 15) is 0 Å². The van der Waals surface area contributed by atoms with Gasteiger partial charge < -0.3 is 5.32 Å². The quantitative estimate of drug-likeness (QED) is 0.844. The minimum Gasteiger partial charge on any atom is -0.312 e. The molecule has 1 N–H and O–H groups in total. The van der Waals surface area contributed by atoms with Crippen LogP contribution in [0.4, 0.5) is 0 Å². The fourth-order valence-electron chi connectivity index (χ4n) is 2.02. The van der Waals surface area contributed by atoms with Crippen LogP contribution in [0.15, 0.2) is 18.3 Å². The molecule has 1 aliphatic rings. The highest BCUT2D eigenvalue weighted by molar-refractivity contribution is 5.24. The van der Waals surface area contributed by atoms with E-state index in [1.54, 1.807) is 0 Å². The highest BCUT2D eigenvalue weighted by atomic mass is 15.0. The van der Waals surface area contributed by atoms with Crippen LogP contribution in [-0.2, 0) is 0 Å². The number of nitrogens with one attached hydrogen (secondary N) is 1. The third-order valence-corrected chi connectivity index (χ3v) is 3.18. The Hall–Kier alpha value is -0.890. The van der Waals surface area contributed by atoms with Gasteiger partial charge in [-0.1, -0.05) is 6.07 Å². The standard InChI is InChI=1S/C14H22N2/c1-10-5-6-11(8-15-10)13-7-12(13)9-16-14(2,3)4/h5-6,8,12-13,16H,7,9H2,1-4H3. The summed E-state index contributed by atoms with van der Waals surface area (Å²) in [5, 5.41) is 3.57. The number of pyridine rings is 1. The molecule has 2 unspecified atom stereocenters. The van der Waals surface area contributed by atoms with Crippen molar-refractivity contribution in [3.63, 3.8) is 0 Å². The molecule has 0 amide bonds. The highest BCUT2D eigenvalue weighted by Gasteiger charge is 2.38. The van der Waals surface area contributed by atoms with E-state index in [-0.39, 0.29) is 5.54 Å². The molecule has 0 saturated heterocycles. The molecule has 1 aromatic rings. The van der Waals surface area contributed by atoms with Gasteiger partial charge >= 0.3 is 0 Å². The van der Waals surface area contributed by atoms with Crippen LogP contribution in [0.1, 0.15) is 44.4 Å². The van der Waals surface area contributed by atoms with Gasteiger partial charge in [-0.05, 0) is 64.1 Å². The Morgan fingerprint density at radius 1 is 1.38 bits per heavy atom. The maximum atomic E-state index is 4.36. The van der Waals surface area contributed by atoms with Crippen molar-refractivity contribution in [1.29, 1.82) is 0 Å². The maximum Gasteiger partial charge on any atom is 0.0372 e. The van der Waals surface area contributed by atoms with Crippen LogP contribution in [0.25, 0.3) is 0 Å². The van der Waals surface area contributed by atoms with Crippen molar-refractivity contribution in [3.8, 4) is 0 Å². The Morgan fingerprint density at radius 2 is 2.12 bits per heavy atom. The van der Waals surface area contributed by atoms with E-state index in [2.05, 4.69) is 43.2 Å². The van der Waals surface area contributed by atoms with Crippen LogP contribution in [0.2, 0.25) is 0 Å². The Kier molecular flexibility index (Phi) is 3.02.